The SMILES string of the molecule is O=C(Nc1ccc(Oc2ccnc3[nH]cc(-c4cccnc4)c23)c(F)c1)c1cccn(-c2ccccc2)c1=O. The molecule has 2 N–H and O–H groups in total. The van der Waals surface area contributed by atoms with E-state index in [0.717, 1.165) is 17.2 Å². The summed E-state index contributed by atoms with van der Waals surface area (Å²) in [5, 5.41) is 3.28. The molecule has 1 amide bonds. The molecule has 0 radical (unpaired) electrons. The maximum absolute atomic E-state index is 15.1. The lowest BCUT2D eigenvalue weighted by molar-refractivity contribution is 0.102. The summed E-state index contributed by atoms with van der Waals surface area (Å²) in [5.74, 6) is -0.972. The van der Waals surface area contributed by atoms with E-state index in [4.69, 9.17) is 4.74 Å². The summed E-state index contributed by atoms with van der Waals surface area (Å²) in [6.45, 7) is 0. The maximum Gasteiger partial charge on any atom is 0.267 e. The molecule has 0 bridgehead atoms. The Kier molecular flexibility index (Phi) is 6.14. The lowest BCUT2D eigenvalue weighted by Crippen LogP contribution is -2.27. The summed E-state index contributed by atoms with van der Waals surface area (Å²) in [4.78, 5) is 37.4. The molecule has 39 heavy (non-hydrogen) atoms. The topological polar surface area (TPSA) is 102 Å². The van der Waals surface area contributed by atoms with Crippen LogP contribution in [0, 0.1) is 5.82 Å². The van der Waals surface area contributed by atoms with Gasteiger partial charge in [-0.2, -0.15) is 0 Å². The first-order valence-electron chi connectivity index (χ1n) is 12.0. The van der Waals surface area contributed by atoms with Gasteiger partial charge in [0.2, 0.25) is 0 Å². The minimum absolute atomic E-state index is 0.0371. The van der Waals surface area contributed by atoms with E-state index in [0.29, 0.717) is 22.5 Å². The molecule has 2 aromatic carbocycles. The Morgan fingerprint density at radius 3 is 2.62 bits per heavy atom. The zero-order valence-corrected chi connectivity index (χ0v) is 20.3. The highest BCUT2D eigenvalue weighted by atomic mass is 19.1. The molecule has 0 aliphatic rings. The minimum atomic E-state index is -0.689. The van der Waals surface area contributed by atoms with E-state index in [2.05, 4.69) is 20.3 Å². The van der Waals surface area contributed by atoms with Gasteiger partial charge in [-0.15, -0.1) is 0 Å². The third-order valence-corrected chi connectivity index (χ3v) is 6.14. The van der Waals surface area contributed by atoms with E-state index in [-0.39, 0.29) is 17.0 Å². The smallest absolute Gasteiger partial charge is 0.267 e. The molecule has 0 unspecified atom stereocenters. The predicted molar refractivity (Wildman–Crippen MR) is 146 cm³/mol. The number of aromatic amines is 1. The van der Waals surface area contributed by atoms with Crippen molar-refractivity contribution in [1.82, 2.24) is 19.5 Å². The average Bonchev–Trinajstić information content (AvgIpc) is 3.41. The standard InChI is InChI=1S/C30H20FN5O3/c31-24-16-20(35-29(37)22-9-5-15-36(30(22)38)21-7-2-1-3-8-21)10-11-25(24)39-26-12-14-33-28-27(26)23(18-34-28)19-6-4-13-32-17-19/h1-18H,(H,33,34)(H,35,37). The van der Waals surface area contributed by atoms with Crippen molar-refractivity contribution in [2.75, 3.05) is 5.32 Å². The third-order valence-electron chi connectivity index (χ3n) is 6.14. The molecule has 8 nitrogen and oxygen atoms in total. The van der Waals surface area contributed by atoms with E-state index < -0.39 is 17.3 Å². The number of hydrogen-bond acceptors (Lipinski definition) is 5. The molecule has 6 rings (SSSR count). The van der Waals surface area contributed by atoms with E-state index in [9.17, 15) is 9.59 Å². The van der Waals surface area contributed by atoms with Crippen LogP contribution in [0.15, 0.2) is 115 Å². The van der Waals surface area contributed by atoms with Gasteiger partial charge in [-0.3, -0.25) is 19.1 Å². The second kappa shape index (κ2) is 10.1. The molecule has 190 valence electrons. The molecule has 0 aliphatic carbocycles. The minimum Gasteiger partial charge on any atom is -0.453 e. The second-order valence-electron chi connectivity index (χ2n) is 8.61. The summed E-state index contributed by atoms with van der Waals surface area (Å²) in [7, 11) is 0. The molecule has 9 heteroatoms. The lowest BCUT2D eigenvalue weighted by Gasteiger charge is -2.12. The number of para-hydroxylation sites is 1. The predicted octanol–water partition coefficient (Wildman–Crippen LogP) is 5.96. The first kappa shape index (κ1) is 23.8. The number of rotatable bonds is 6. The first-order valence-corrected chi connectivity index (χ1v) is 12.0. The van der Waals surface area contributed by atoms with Crippen LogP contribution in [-0.4, -0.2) is 25.4 Å². The molecule has 0 saturated heterocycles. The number of ether oxygens (including phenoxy) is 1. The van der Waals surface area contributed by atoms with Gasteiger partial charge in [0, 0.05) is 59.6 Å². The molecule has 0 saturated carbocycles. The first-order chi connectivity index (χ1) is 19.1. The molecular formula is C30H20FN5O3. The monoisotopic (exact) mass is 517 g/mol. The van der Waals surface area contributed by atoms with E-state index >= 15 is 4.39 Å². The number of nitrogens with one attached hydrogen (secondary N) is 2. The fourth-order valence-corrected chi connectivity index (χ4v) is 4.30. The van der Waals surface area contributed by atoms with Crippen molar-refractivity contribution in [3.8, 4) is 28.3 Å². The maximum atomic E-state index is 15.1. The number of benzene rings is 2. The molecule has 6 aromatic rings. The number of carbonyl (C=O) groups is 1. The Bertz CT molecular complexity index is 1870. The fourth-order valence-electron chi connectivity index (χ4n) is 4.30. The van der Waals surface area contributed by atoms with Crippen molar-refractivity contribution in [1.29, 1.82) is 0 Å². The molecule has 4 aromatic heterocycles. The van der Waals surface area contributed by atoms with Crippen LogP contribution < -0.4 is 15.6 Å². The van der Waals surface area contributed by atoms with Crippen LogP contribution in [0.3, 0.4) is 0 Å². The Labute approximate surface area is 221 Å². The zero-order chi connectivity index (χ0) is 26.8. The Hall–Kier alpha value is -5.57. The van der Waals surface area contributed by atoms with Crippen molar-refractivity contribution in [2.45, 2.75) is 0 Å². The van der Waals surface area contributed by atoms with E-state index in [1.54, 1.807) is 67.4 Å². The van der Waals surface area contributed by atoms with Crippen molar-refractivity contribution in [2.24, 2.45) is 0 Å². The summed E-state index contributed by atoms with van der Waals surface area (Å²) >= 11 is 0. The van der Waals surface area contributed by atoms with Crippen molar-refractivity contribution >= 4 is 22.6 Å². The highest BCUT2D eigenvalue weighted by molar-refractivity contribution is 6.04. The van der Waals surface area contributed by atoms with Crippen LogP contribution in [0.2, 0.25) is 0 Å². The van der Waals surface area contributed by atoms with Gasteiger partial charge in [0.25, 0.3) is 11.5 Å². The zero-order valence-electron chi connectivity index (χ0n) is 20.3. The van der Waals surface area contributed by atoms with Crippen LogP contribution in [0.25, 0.3) is 27.8 Å². The molecule has 4 heterocycles. The highest BCUT2D eigenvalue weighted by Crippen LogP contribution is 2.37. The average molecular weight is 518 g/mol. The summed E-state index contributed by atoms with van der Waals surface area (Å²) in [5.41, 5.74) is 2.50. The highest BCUT2D eigenvalue weighted by Gasteiger charge is 2.17. The van der Waals surface area contributed by atoms with Crippen LogP contribution in [0.4, 0.5) is 10.1 Å². The summed E-state index contributed by atoms with van der Waals surface area (Å²) < 4.78 is 22.5. The Morgan fingerprint density at radius 1 is 0.949 bits per heavy atom. The Morgan fingerprint density at radius 2 is 1.82 bits per heavy atom. The van der Waals surface area contributed by atoms with Crippen LogP contribution in [-0.2, 0) is 0 Å². The lowest BCUT2D eigenvalue weighted by atomic mass is 10.1. The fraction of sp³-hybridized carbons (Fsp3) is 0. The van der Waals surface area contributed by atoms with Gasteiger partial charge in [0.15, 0.2) is 11.6 Å². The van der Waals surface area contributed by atoms with Gasteiger partial charge in [-0.25, -0.2) is 9.37 Å². The largest absolute Gasteiger partial charge is 0.453 e. The molecule has 0 spiro atoms. The molecule has 0 aliphatic heterocycles. The molecular weight excluding hydrogens is 497 g/mol. The summed E-state index contributed by atoms with van der Waals surface area (Å²) in [6.07, 6.45) is 8.35. The number of halogens is 1. The van der Waals surface area contributed by atoms with Gasteiger partial charge in [-0.1, -0.05) is 24.3 Å². The third kappa shape index (κ3) is 4.64. The number of pyridine rings is 3. The Balaban J connectivity index is 1.26. The number of hydrogen-bond donors (Lipinski definition) is 2. The number of fused-ring (bicyclic) bond motifs is 1. The molecule has 0 fully saturated rings. The van der Waals surface area contributed by atoms with Crippen molar-refractivity contribution in [3.63, 3.8) is 0 Å². The van der Waals surface area contributed by atoms with Gasteiger partial charge in [0.05, 0.1) is 5.39 Å². The summed E-state index contributed by atoms with van der Waals surface area (Å²) in [6, 6.07) is 21.4. The number of amides is 1. The van der Waals surface area contributed by atoms with Crippen LogP contribution in [0.5, 0.6) is 11.5 Å². The van der Waals surface area contributed by atoms with Crippen molar-refractivity contribution < 1.29 is 13.9 Å². The number of anilines is 1. The quantitative estimate of drug-likeness (QED) is 0.284. The van der Waals surface area contributed by atoms with E-state index in [1.807, 2.05) is 18.2 Å². The van der Waals surface area contributed by atoms with Gasteiger partial charge < -0.3 is 15.0 Å². The molecule has 0 atom stereocenters. The normalized spacial score (nSPS) is 10.9. The number of H-pyrrole nitrogens is 1. The second-order valence-corrected chi connectivity index (χ2v) is 8.61. The van der Waals surface area contributed by atoms with Crippen molar-refractivity contribution in [3.05, 3.63) is 132 Å². The number of carbonyl (C=O) groups excluding carboxylic acids is 1. The number of aromatic nitrogens is 4. The van der Waals surface area contributed by atoms with Crippen LogP contribution in [0.1, 0.15) is 10.4 Å². The van der Waals surface area contributed by atoms with Gasteiger partial charge in [-0.05, 0) is 48.5 Å². The van der Waals surface area contributed by atoms with Gasteiger partial charge in [0.1, 0.15) is 17.0 Å². The number of nitrogens with zero attached hydrogens (tertiary/aromatic N) is 3. The van der Waals surface area contributed by atoms with Crippen LogP contribution >= 0.6 is 0 Å². The van der Waals surface area contributed by atoms with Gasteiger partial charge >= 0.3 is 0 Å². The van der Waals surface area contributed by atoms with E-state index in [1.165, 1.54) is 22.8 Å².